The number of hydrogen-bond acceptors (Lipinski definition) is 6. The number of halogens is 2. The molecule has 0 fully saturated rings. The van der Waals surface area contributed by atoms with E-state index in [2.05, 4.69) is 0 Å². The number of nitrogens with two attached hydrogens (primary N) is 1. The predicted octanol–water partition coefficient (Wildman–Crippen LogP) is 3.78. The third kappa shape index (κ3) is 5.07. The first-order chi connectivity index (χ1) is 16.0. The Morgan fingerprint density at radius 2 is 1.79 bits per heavy atom. The number of anilines is 1. The first kappa shape index (κ1) is 25.6. The number of aliphatic hydroxyl groups is 1. The van der Waals surface area contributed by atoms with Gasteiger partial charge in [0.2, 0.25) is 5.91 Å². The summed E-state index contributed by atoms with van der Waals surface area (Å²) in [5, 5.41) is 22.0. The van der Waals surface area contributed by atoms with Gasteiger partial charge in [-0.05, 0) is 42.8 Å². The topological polar surface area (TPSA) is 130 Å². The number of hydrogen-bond donors (Lipinski definition) is 3. The Hall–Kier alpha value is -2.98. The molecule has 0 spiro atoms. The van der Waals surface area contributed by atoms with Crippen LogP contribution in [0.2, 0.25) is 10.0 Å². The molecule has 34 heavy (non-hydrogen) atoms. The Morgan fingerprint density at radius 1 is 1.12 bits per heavy atom. The molecule has 0 saturated carbocycles. The minimum Gasteiger partial charge on any atom is -0.506 e. The lowest BCUT2D eigenvalue weighted by atomic mass is 9.99. The number of sulfonamides is 1. The highest BCUT2D eigenvalue weighted by Crippen LogP contribution is 2.39. The number of methoxy groups -OCH3 is 1. The van der Waals surface area contributed by atoms with Gasteiger partial charge >= 0.3 is 0 Å². The van der Waals surface area contributed by atoms with Crippen molar-refractivity contribution in [1.82, 2.24) is 0 Å². The molecular weight excluding hydrogens is 503 g/mol. The van der Waals surface area contributed by atoms with Gasteiger partial charge in [0, 0.05) is 27.2 Å². The van der Waals surface area contributed by atoms with Gasteiger partial charge in [-0.25, -0.2) is 8.42 Å². The highest BCUT2D eigenvalue weighted by molar-refractivity contribution is 7.93. The van der Waals surface area contributed by atoms with Crippen molar-refractivity contribution in [2.24, 2.45) is 5.73 Å². The molecule has 0 saturated heterocycles. The Labute approximate surface area is 207 Å². The zero-order valence-electron chi connectivity index (χ0n) is 18.2. The number of aryl methyl sites for hydroxylation is 1. The number of aromatic hydroxyl groups is 1. The van der Waals surface area contributed by atoms with Crippen molar-refractivity contribution in [2.75, 3.05) is 18.0 Å². The van der Waals surface area contributed by atoms with Gasteiger partial charge in [-0.15, -0.1) is 0 Å². The summed E-state index contributed by atoms with van der Waals surface area (Å²) in [7, 11) is -3.22. The number of aliphatic hydroxyl groups excluding tert-OH is 1. The lowest BCUT2D eigenvalue weighted by Gasteiger charge is -2.28. The van der Waals surface area contributed by atoms with Gasteiger partial charge < -0.3 is 20.7 Å². The number of ether oxygens (including phenoxy) is 1. The molecule has 0 bridgehead atoms. The Bertz CT molecular complexity index is 1350. The summed E-state index contributed by atoms with van der Waals surface area (Å²) >= 11 is 12.4. The number of benzene rings is 3. The van der Waals surface area contributed by atoms with Crippen molar-refractivity contribution in [3.8, 4) is 11.5 Å². The summed E-state index contributed by atoms with van der Waals surface area (Å²) in [4.78, 5) is 11.4. The molecule has 3 rings (SSSR count). The molecule has 3 aromatic carbocycles. The minimum absolute atomic E-state index is 0.0593. The maximum atomic E-state index is 13.7. The van der Waals surface area contributed by atoms with E-state index in [9.17, 15) is 23.4 Å². The average Bonchev–Trinajstić information content (AvgIpc) is 2.77. The van der Waals surface area contributed by atoms with E-state index in [0.29, 0.717) is 15.4 Å². The Kier molecular flexibility index (Phi) is 7.62. The number of rotatable bonds is 8. The fourth-order valence-corrected chi connectivity index (χ4v) is 5.44. The molecule has 0 aliphatic rings. The molecule has 3 aromatic rings. The van der Waals surface area contributed by atoms with Crippen molar-refractivity contribution >= 4 is 44.8 Å². The SMILES string of the molecule is COc1cc(S(=O)(=O)N(CC(N)=O)c2ccc(Cl)cc2C(O)c2ccccc2Cl)c(O)cc1C. The predicted molar refractivity (Wildman–Crippen MR) is 130 cm³/mol. The molecule has 1 amide bonds. The van der Waals surface area contributed by atoms with Crippen LogP contribution in [0.4, 0.5) is 5.69 Å². The van der Waals surface area contributed by atoms with Crippen LogP contribution in [0.1, 0.15) is 22.8 Å². The molecule has 0 aromatic heterocycles. The summed E-state index contributed by atoms with van der Waals surface area (Å²) < 4.78 is 33.3. The number of phenols is 1. The van der Waals surface area contributed by atoms with Crippen LogP contribution in [-0.4, -0.2) is 38.2 Å². The van der Waals surface area contributed by atoms with Crippen LogP contribution in [0.3, 0.4) is 0 Å². The van der Waals surface area contributed by atoms with E-state index in [1.807, 2.05) is 0 Å². The molecule has 1 unspecified atom stereocenters. The van der Waals surface area contributed by atoms with Gasteiger partial charge in [-0.1, -0.05) is 41.4 Å². The molecule has 180 valence electrons. The number of nitrogens with zero attached hydrogens (tertiary/aromatic N) is 1. The molecule has 0 aliphatic carbocycles. The van der Waals surface area contributed by atoms with E-state index in [1.165, 1.54) is 31.4 Å². The van der Waals surface area contributed by atoms with E-state index < -0.39 is 39.2 Å². The fourth-order valence-electron chi connectivity index (χ4n) is 3.48. The van der Waals surface area contributed by atoms with E-state index in [-0.39, 0.29) is 27.0 Å². The highest BCUT2D eigenvalue weighted by atomic mass is 35.5. The maximum Gasteiger partial charge on any atom is 0.268 e. The number of primary amides is 1. The Morgan fingerprint density at radius 3 is 2.41 bits per heavy atom. The lowest BCUT2D eigenvalue weighted by molar-refractivity contribution is -0.116. The molecule has 0 aliphatic heterocycles. The van der Waals surface area contributed by atoms with Crippen molar-refractivity contribution in [2.45, 2.75) is 17.9 Å². The van der Waals surface area contributed by atoms with Gasteiger partial charge in [0.25, 0.3) is 10.0 Å². The number of amides is 1. The maximum absolute atomic E-state index is 13.7. The second-order valence-corrected chi connectivity index (χ2v) is 10.1. The zero-order chi connectivity index (χ0) is 25.2. The molecule has 4 N–H and O–H groups in total. The monoisotopic (exact) mass is 524 g/mol. The molecular formula is C23H22Cl2N2O6S. The van der Waals surface area contributed by atoms with Crippen molar-refractivity contribution in [3.63, 3.8) is 0 Å². The van der Waals surface area contributed by atoms with Gasteiger partial charge in [-0.3, -0.25) is 9.10 Å². The largest absolute Gasteiger partial charge is 0.506 e. The third-order valence-electron chi connectivity index (χ3n) is 5.10. The van der Waals surface area contributed by atoms with Gasteiger partial charge in [-0.2, -0.15) is 0 Å². The summed E-state index contributed by atoms with van der Waals surface area (Å²) in [5.74, 6) is -1.30. The summed E-state index contributed by atoms with van der Waals surface area (Å²) in [6, 6.07) is 12.9. The smallest absolute Gasteiger partial charge is 0.268 e. The standard InChI is InChI=1S/C23H22Cl2N2O6S/c1-13-9-19(28)21(11-20(13)33-2)34(31,32)27(12-22(26)29)18-8-7-14(24)10-16(18)23(30)15-5-3-4-6-17(15)25/h3-11,23,28,30H,12H2,1-2H3,(H2,26,29). The van der Waals surface area contributed by atoms with Crippen LogP contribution >= 0.6 is 23.2 Å². The summed E-state index contributed by atoms with van der Waals surface area (Å²) in [6.45, 7) is 0.856. The van der Waals surface area contributed by atoms with Gasteiger partial charge in [0.15, 0.2) is 0 Å². The van der Waals surface area contributed by atoms with Gasteiger partial charge in [0.05, 0.1) is 12.8 Å². The van der Waals surface area contributed by atoms with E-state index in [1.54, 1.807) is 31.2 Å². The van der Waals surface area contributed by atoms with E-state index >= 15 is 0 Å². The van der Waals surface area contributed by atoms with Crippen LogP contribution in [0, 0.1) is 6.92 Å². The Balaban J connectivity index is 2.26. The third-order valence-corrected chi connectivity index (χ3v) is 7.46. The summed E-state index contributed by atoms with van der Waals surface area (Å²) in [5.41, 5.74) is 6.15. The van der Waals surface area contributed by atoms with Crippen molar-refractivity contribution < 1.29 is 28.2 Å². The summed E-state index contributed by atoms with van der Waals surface area (Å²) in [6.07, 6.45) is -1.39. The molecule has 8 nitrogen and oxygen atoms in total. The highest BCUT2D eigenvalue weighted by Gasteiger charge is 2.33. The number of carbonyl (C=O) groups is 1. The first-order valence-corrected chi connectivity index (χ1v) is 12.1. The number of phenolic OH excluding ortho intramolecular Hbond substituents is 1. The van der Waals surface area contributed by atoms with Crippen LogP contribution in [0.25, 0.3) is 0 Å². The minimum atomic E-state index is -4.58. The fraction of sp³-hybridized carbons (Fsp3) is 0.174. The second kappa shape index (κ2) is 10.1. The van der Waals surface area contributed by atoms with Gasteiger partial charge in [0.1, 0.15) is 29.0 Å². The second-order valence-electron chi connectivity index (χ2n) is 7.39. The van der Waals surface area contributed by atoms with Crippen LogP contribution < -0.4 is 14.8 Å². The van der Waals surface area contributed by atoms with Crippen molar-refractivity contribution in [1.29, 1.82) is 0 Å². The van der Waals surface area contributed by atoms with Crippen LogP contribution in [0.5, 0.6) is 11.5 Å². The normalized spacial score (nSPS) is 12.3. The van der Waals surface area contributed by atoms with E-state index in [0.717, 1.165) is 6.07 Å². The molecule has 0 heterocycles. The zero-order valence-corrected chi connectivity index (χ0v) is 20.5. The average molecular weight is 525 g/mol. The number of carbonyl (C=O) groups excluding carboxylic acids is 1. The molecule has 11 heteroatoms. The first-order valence-electron chi connectivity index (χ1n) is 9.88. The van der Waals surface area contributed by atoms with Crippen LogP contribution in [-0.2, 0) is 14.8 Å². The quantitative estimate of drug-likeness (QED) is 0.411. The lowest BCUT2D eigenvalue weighted by Crippen LogP contribution is -2.39. The molecule has 0 radical (unpaired) electrons. The van der Waals surface area contributed by atoms with E-state index in [4.69, 9.17) is 33.7 Å². The van der Waals surface area contributed by atoms with Crippen molar-refractivity contribution in [3.05, 3.63) is 81.3 Å². The molecule has 1 atom stereocenters. The van der Waals surface area contributed by atoms with Crippen LogP contribution in [0.15, 0.2) is 59.5 Å².